The average Bonchev–Trinajstić information content (AvgIpc) is 2.18. The highest BCUT2D eigenvalue weighted by molar-refractivity contribution is 5.76. The van der Waals surface area contributed by atoms with Crippen molar-refractivity contribution in [3.05, 3.63) is 0 Å². The Labute approximate surface area is 84.3 Å². The molecule has 0 radical (unpaired) electrons. The smallest absolute Gasteiger partial charge is 0.323 e. The van der Waals surface area contributed by atoms with E-state index in [0.29, 0.717) is 6.42 Å². The van der Waals surface area contributed by atoms with Gasteiger partial charge in [-0.3, -0.25) is 4.79 Å². The molecule has 0 unspecified atom stereocenters. The number of carbonyl (C=O) groups is 1. The van der Waals surface area contributed by atoms with Gasteiger partial charge in [0.15, 0.2) is 0 Å². The molecule has 0 aromatic carbocycles. The molecule has 0 spiro atoms. The first kappa shape index (κ1) is 12.3. The van der Waals surface area contributed by atoms with Gasteiger partial charge in [0.05, 0.1) is 0 Å². The molecule has 0 bridgehead atoms. The fraction of sp³-hybridized carbons (Fsp3) is 0.889. The second-order valence-corrected chi connectivity index (χ2v) is 3.87. The Bertz CT molecular complexity index is 246. The highest BCUT2D eigenvalue weighted by Crippen LogP contribution is 2.50. The lowest BCUT2D eigenvalue weighted by atomic mass is 9.69. The first-order chi connectivity index (χ1) is 6.84. The Morgan fingerprint density at radius 1 is 1.20 bits per heavy atom. The lowest BCUT2D eigenvalue weighted by Gasteiger charge is -2.38. The van der Waals surface area contributed by atoms with Gasteiger partial charge < -0.3 is 5.11 Å². The van der Waals surface area contributed by atoms with Crippen LogP contribution in [0.5, 0.6) is 0 Å². The fourth-order valence-electron chi connectivity index (χ4n) is 2.05. The first-order valence-electron chi connectivity index (χ1n) is 4.74. The van der Waals surface area contributed by atoms with Crippen LogP contribution in [0.1, 0.15) is 32.1 Å². The molecule has 0 atom stereocenters. The molecule has 0 saturated heterocycles. The minimum atomic E-state index is -4.45. The predicted molar refractivity (Wildman–Crippen MR) is 44.1 cm³/mol. The average molecular weight is 228 g/mol. The van der Waals surface area contributed by atoms with Crippen molar-refractivity contribution in [1.29, 1.82) is 0 Å². The van der Waals surface area contributed by atoms with Crippen LogP contribution < -0.4 is 0 Å². The summed E-state index contributed by atoms with van der Waals surface area (Å²) in [5.74, 6) is -6.26. The maximum absolute atomic E-state index is 13.2. The quantitative estimate of drug-likeness (QED) is 0.754. The summed E-state index contributed by atoms with van der Waals surface area (Å²) in [7, 11) is 0. The summed E-state index contributed by atoms with van der Waals surface area (Å²) in [6.45, 7) is 0. The van der Waals surface area contributed by atoms with E-state index >= 15 is 0 Å². The molecule has 0 aromatic rings. The van der Waals surface area contributed by atoms with Crippen molar-refractivity contribution in [1.82, 2.24) is 0 Å². The van der Waals surface area contributed by atoms with Gasteiger partial charge in [0.2, 0.25) is 0 Å². The standard InChI is InChI=1S/C9H12F4O2/c10-6(11)9(12,13)8(7(14)15)4-2-1-3-5-8/h6H,1-5H2,(H,14,15). The second-order valence-electron chi connectivity index (χ2n) is 3.87. The summed E-state index contributed by atoms with van der Waals surface area (Å²) in [6, 6.07) is 0. The molecule has 1 aliphatic rings. The SMILES string of the molecule is O=C(O)C1(C(F)(F)C(F)F)CCCCC1. The molecule has 6 heteroatoms. The van der Waals surface area contributed by atoms with Gasteiger partial charge in [-0.15, -0.1) is 0 Å². The van der Waals surface area contributed by atoms with Crippen molar-refractivity contribution in [3.8, 4) is 0 Å². The lowest BCUT2D eigenvalue weighted by Crippen LogP contribution is -2.52. The van der Waals surface area contributed by atoms with Crippen LogP contribution in [-0.4, -0.2) is 23.4 Å². The van der Waals surface area contributed by atoms with Crippen molar-refractivity contribution in [3.63, 3.8) is 0 Å². The van der Waals surface area contributed by atoms with Gasteiger partial charge in [0.1, 0.15) is 5.41 Å². The predicted octanol–water partition coefficient (Wildman–Crippen LogP) is 2.92. The summed E-state index contributed by atoms with van der Waals surface area (Å²) >= 11 is 0. The third-order valence-electron chi connectivity index (χ3n) is 3.03. The van der Waals surface area contributed by atoms with E-state index in [1.165, 1.54) is 0 Å². The highest BCUT2D eigenvalue weighted by Gasteiger charge is 2.64. The fourth-order valence-corrected chi connectivity index (χ4v) is 2.05. The number of carboxylic acids is 1. The Balaban J connectivity index is 3.04. The third kappa shape index (κ3) is 1.81. The van der Waals surface area contributed by atoms with Crippen molar-refractivity contribution in [2.75, 3.05) is 0 Å². The van der Waals surface area contributed by atoms with E-state index in [1.54, 1.807) is 0 Å². The molecule has 15 heavy (non-hydrogen) atoms. The zero-order chi connectivity index (χ0) is 11.7. The van der Waals surface area contributed by atoms with E-state index in [-0.39, 0.29) is 25.7 Å². The largest absolute Gasteiger partial charge is 0.481 e. The van der Waals surface area contributed by atoms with Gasteiger partial charge in [-0.1, -0.05) is 19.3 Å². The normalized spacial score (nSPS) is 21.7. The van der Waals surface area contributed by atoms with Crippen LogP contribution in [0.2, 0.25) is 0 Å². The van der Waals surface area contributed by atoms with Crippen LogP contribution in [0.15, 0.2) is 0 Å². The Morgan fingerprint density at radius 2 is 1.67 bits per heavy atom. The molecule has 0 aliphatic heterocycles. The van der Waals surface area contributed by atoms with Gasteiger partial charge >= 0.3 is 18.3 Å². The lowest BCUT2D eigenvalue weighted by molar-refractivity contribution is -0.227. The summed E-state index contributed by atoms with van der Waals surface area (Å²) in [4.78, 5) is 10.8. The summed E-state index contributed by atoms with van der Waals surface area (Å²) in [6.07, 6.45) is -3.54. The Morgan fingerprint density at radius 3 is 2.00 bits per heavy atom. The van der Waals surface area contributed by atoms with Crippen molar-refractivity contribution in [2.24, 2.45) is 5.41 Å². The topological polar surface area (TPSA) is 37.3 Å². The molecular formula is C9H12F4O2. The number of rotatable bonds is 3. The maximum atomic E-state index is 13.2. The zero-order valence-corrected chi connectivity index (χ0v) is 7.98. The van der Waals surface area contributed by atoms with Gasteiger partial charge in [-0.05, 0) is 12.8 Å². The molecule has 1 saturated carbocycles. The van der Waals surface area contributed by atoms with E-state index in [0.717, 1.165) is 0 Å². The summed E-state index contributed by atoms with van der Waals surface area (Å²) in [5.41, 5.74) is -2.57. The number of alkyl halides is 4. The molecule has 1 fully saturated rings. The van der Waals surface area contributed by atoms with Gasteiger partial charge in [-0.25, -0.2) is 8.78 Å². The van der Waals surface area contributed by atoms with Crippen LogP contribution in [-0.2, 0) is 4.79 Å². The monoisotopic (exact) mass is 228 g/mol. The number of carboxylic acid groups (broad SMARTS) is 1. The molecule has 88 valence electrons. The minimum absolute atomic E-state index is 0.259. The van der Waals surface area contributed by atoms with E-state index in [9.17, 15) is 22.4 Å². The Hall–Kier alpha value is -0.810. The van der Waals surface area contributed by atoms with Gasteiger partial charge in [-0.2, -0.15) is 8.78 Å². The first-order valence-corrected chi connectivity index (χ1v) is 4.74. The third-order valence-corrected chi connectivity index (χ3v) is 3.03. The summed E-state index contributed by atoms with van der Waals surface area (Å²) in [5, 5.41) is 8.76. The van der Waals surface area contributed by atoms with Crippen LogP contribution in [0.25, 0.3) is 0 Å². The van der Waals surface area contributed by atoms with Crippen molar-refractivity contribution in [2.45, 2.75) is 44.5 Å². The van der Waals surface area contributed by atoms with Crippen LogP contribution in [0, 0.1) is 5.41 Å². The molecular weight excluding hydrogens is 216 g/mol. The molecule has 1 rings (SSSR count). The number of hydrogen-bond donors (Lipinski definition) is 1. The zero-order valence-electron chi connectivity index (χ0n) is 7.98. The maximum Gasteiger partial charge on any atom is 0.323 e. The molecule has 0 amide bonds. The number of hydrogen-bond acceptors (Lipinski definition) is 1. The van der Waals surface area contributed by atoms with E-state index < -0.39 is 23.7 Å². The van der Waals surface area contributed by atoms with Gasteiger partial charge in [0, 0.05) is 0 Å². The van der Waals surface area contributed by atoms with E-state index in [2.05, 4.69) is 0 Å². The van der Waals surface area contributed by atoms with Crippen LogP contribution >= 0.6 is 0 Å². The van der Waals surface area contributed by atoms with E-state index in [1.807, 2.05) is 0 Å². The molecule has 1 aliphatic carbocycles. The molecule has 2 nitrogen and oxygen atoms in total. The van der Waals surface area contributed by atoms with E-state index in [4.69, 9.17) is 5.11 Å². The van der Waals surface area contributed by atoms with Crippen molar-refractivity contribution >= 4 is 5.97 Å². The minimum Gasteiger partial charge on any atom is -0.481 e. The highest BCUT2D eigenvalue weighted by atomic mass is 19.3. The summed E-state index contributed by atoms with van der Waals surface area (Å²) < 4.78 is 50.8. The Kier molecular flexibility index (Phi) is 3.25. The van der Waals surface area contributed by atoms with Crippen molar-refractivity contribution < 1.29 is 27.5 Å². The van der Waals surface area contributed by atoms with Crippen LogP contribution in [0.3, 0.4) is 0 Å². The molecule has 0 heterocycles. The second kappa shape index (κ2) is 3.98. The number of aliphatic carboxylic acids is 1. The molecule has 0 aromatic heterocycles. The molecule has 1 N–H and O–H groups in total. The van der Waals surface area contributed by atoms with Crippen LogP contribution in [0.4, 0.5) is 17.6 Å². The van der Waals surface area contributed by atoms with Gasteiger partial charge in [0.25, 0.3) is 0 Å². The number of halogens is 4.